The van der Waals surface area contributed by atoms with Gasteiger partial charge in [-0.15, -0.1) is 6.61 Å². The van der Waals surface area contributed by atoms with Crippen LogP contribution in [0.25, 0.3) is 0 Å². The summed E-state index contributed by atoms with van der Waals surface area (Å²) in [6, 6.07) is 1.98. The van der Waals surface area contributed by atoms with Gasteiger partial charge < -0.3 is 9.84 Å². The quantitative estimate of drug-likeness (QED) is 0.395. The van der Waals surface area contributed by atoms with Gasteiger partial charge in [0.25, 0.3) is 0 Å². The van der Waals surface area contributed by atoms with Crippen LogP contribution in [0.15, 0.2) is 0 Å². The number of ether oxygens (including phenoxy) is 1. The SMILES string of the molecule is N#CCC1(C[O-])COC1.[K+]. The summed E-state index contributed by atoms with van der Waals surface area (Å²) in [6.07, 6.45) is 0.344. The number of hydrogen-bond donors (Lipinski definition) is 0. The van der Waals surface area contributed by atoms with E-state index in [1.54, 1.807) is 0 Å². The Hall–Kier alpha value is 1.05. The molecular weight excluding hydrogens is 157 g/mol. The molecule has 0 aliphatic carbocycles. The van der Waals surface area contributed by atoms with E-state index in [-0.39, 0.29) is 63.4 Å². The average molecular weight is 165 g/mol. The van der Waals surface area contributed by atoms with Gasteiger partial charge in [0, 0.05) is 11.8 Å². The minimum atomic E-state index is -0.325. The maximum absolute atomic E-state index is 10.4. The van der Waals surface area contributed by atoms with Crippen molar-refractivity contribution in [3.63, 3.8) is 0 Å². The Morgan fingerprint density at radius 2 is 2.20 bits per heavy atom. The Kier molecular flexibility index (Phi) is 5.34. The fourth-order valence-electron chi connectivity index (χ4n) is 0.795. The van der Waals surface area contributed by atoms with Gasteiger partial charge in [0.2, 0.25) is 0 Å². The Morgan fingerprint density at radius 1 is 1.60 bits per heavy atom. The third-order valence-corrected chi connectivity index (χ3v) is 1.58. The van der Waals surface area contributed by atoms with Crippen molar-refractivity contribution in [1.82, 2.24) is 0 Å². The summed E-state index contributed by atoms with van der Waals surface area (Å²) in [4.78, 5) is 0. The summed E-state index contributed by atoms with van der Waals surface area (Å²) in [7, 11) is 0. The van der Waals surface area contributed by atoms with Crippen LogP contribution in [0.2, 0.25) is 0 Å². The monoisotopic (exact) mass is 165 g/mol. The van der Waals surface area contributed by atoms with E-state index in [2.05, 4.69) is 0 Å². The molecule has 1 aliphatic rings. The molecule has 4 heteroatoms. The molecule has 0 atom stereocenters. The van der Waals surface area contributed by atoms with E-state index in [0.717, 1.165) is 0 Å². The van der Waals surface area contributed by atoms with Crippen molar-refractivity contribution in [3.8, 4) is 6.07 Å². The average Bonchev–Trinajstić information content (AvgIpc) is 1.79. The largest absolute Gasteiger partial charge is 1.00 e. The summed E-state index contributed by atoms with van der Waals surface area (Å²) in [5, 5.41) is 18.6. The Morgan fingerprint density at radius 3 is 2.30 bits per heavy atom. The molecule has 1 aliphatic heterocycles. The molecule has 0 spiro atoms. The molecular formula is C6H8KNO2. The summed E-state index contributed by atoms with van der Waals surface area (Å²) in [5.41, 5.74) is -0.325. The van der Waals surface area contributed by atoms with Gasteiger partial charge in [-0.3, -0.25) is 0 Å². The van der Waals surface area contributed by atoms with Crippen LogP contribution >= 0.6 is 0 Å². The third-order valence-electron chi connectivity index (χ3n) is 1.58. The smallest absolute Gasteiger partial charge is 0.854 e. The van der Waals surface area contributed by atoms with E-state index in [0.29, 0.717) is 19.6 Å². The van der Waals surface area contributed by atoms with Crippen LogP contribution in [0.4, 0.5) is 0 Å². The van der Waals surface area contributed by atoms with Gasteiger partial charge >= 0.3 is 51.4 Å². The van der Waals surface area contributed by atoms with Gasteiger partial charge in [0.1, 0.15) is 0 Å². The van der Waals surface area contributed by atoms with E-state index >= 15 is 0 Å². The molecule has 0 aromatic carbocycles. The molecule has 1 rings (SSSR count). The topological polar surface area (TPSA) is 56.1 Å². The maximum atomic E-state index is 10.4. The van der Waals surface area contributed by atoms with Gasteiger partial charge in [-0.05, 0) is 0 Å². The Balaban J connectivity index is 0.000000810. The van der Waals surface area contributed by atoms with Crippen LogP contribution in [0, 0.1) is 16.7 Å². The summed E-state index contributed by atoms with van der Waals surface area (Å²) >= 11 is 0. The summed E-state index contributed by atoms with van der Waals surface area (Å²) in [5.74, 6) is 0. The molecule has 10 heavy (non-hydrogen) atoms. The fraction of sp³-hybridized carbons (Fsp3) is 0.833. The molecule has 0 amide bonds. The predicted octanol–water partition coefficient (Wildman–Crippen LogP) is -3.72. The van der Waals surface area contributed by atoms with E-state index in [1.165, 1.54) is 0 Å². The molecule has 0 unspecified atom stereocenters. The van der Waals surface area contributed by atoms with Crippen molar-refractivity contribution in [1.29, 1.82) is 5.26 Å². The van der Waals surface area contributed by atoms with Crippen molar-refractivity contribution < 1.29 is 61.2 Å². The number of rotatable bonds is 2. The predicted molar refractivity (Wildman–Crippen MR) is 28.3 cm³/mol. The Bertz CT molecular complexity index is 134. The molecule has 1 heterocycles. The van der Waals surface area contributed by atoms with Gasteiger partial charge in [-0.1, -0.05) is 0 Å². The Labute approximate surface area is 103 Å². The first-order valence-electron chi connectivity index (χ1n) is 2.86. The number of nitriles is 1. The molecule has 0 N–H and O–H groups in total. The third kappa shape index (κ3) is 2.27. The molecule has 0 aromatic rings. The molecule has 0 bridgehead atoms. The van der Waals surface area contributed by atoms with Crippen LogP contribution < -0.4 is 56.5 Å². The summed E-state index contributed by atoms with van der Waals surface area (Å²) in [6.45, 7) is 0.773. The van der Waals surface area contributed by atoms with Gasteiger partial charge in [0.15, 0.2) is 0 Å². The minimum Gasteiger partial charge on any atom is -0.854 e. The summed E-state index contributed by atoms with van der Waals surface area (Å²) < 4.78 is 4.83. The first kappa shape index (κ1) is 11.0. The molecule has 1 saturated heterocycles. The second-order valence-electron chi connectivity index (χ2n) is 2.47. The van der Waals surface area contributed by atoms with E-state index in [1.807, 2.05) is 6.07 Å². The minimum absolute atomic E-state index is 0. The second kappa shape index (κ2) is 4.83. The fourth-order valence-corrected chi connectivity index (χ4v) is 0.795. The first-order valence-corrected chi connectivity index (χ1v) is 2.86. The molecule has 0 aromatic heterocycles. The molecule has 0 saturated carbocycles. The zero-order chi connectivity index (χ0) is 6.74. The van der Waals surface area contributed by atoms with Crippen molar-refractivity contribution in [2.75, 3.05) is 19.8 Å². The number of hydrogen-bond acceptors (Lipinski definition) is 3. The normalized spacial score (nSPS) is 20.0. The van der Waals surface area contributed by atoms with Crippen LogP contribution in [0.3, 0.4) is 0 Å². The van der Waals surface area contributed by atoms with Crippen LogP contribution in [0.1, 0.15) is 6.42 Å². The van der Waals surface area contributed by atoms with Gasteiger partial charge in [-0.2, -0.15) is 5.26 Å². The zero-order valence-electron chi connectivity index (χ0n) is 6.09. The van der Waals surface area contributed by atoms with Crippen LogP contribution in [0.5, 0.6) is 0 Å². The molecule has 3 nitrogen and oxygen atoms in total. The molecule has 50 valence electrons. The number of nitrogens with zero attached hydrogens (tertiary/aromatic N) is 1. The second-order valence-corrected chi connectivity index (χ2v) is 2.47. The van der Waals surface area contributed by atoms with E-state index < -0.39 is 0 Å². The van der Waals surface area contributed by atoms with Gasteiger partial charge in [-0.25, -0.2) is 0 Å². The zero-order valence-corrected chi connectivity index (χ0v) is 9.22. The van der Waals surface area contributed by atoms with Crippen molar-refractivity contribution in [3.05, 3.63) is 0 Å². The standard InChI is InChI=1S/C6H8NO2.K/c7-2-1-6(3-8)4-9-5-6;/h1,3-5H2;/q-1;+1. The van der Waals surface area contributed by atoms with Crippen molar-refractivity contribution in [2.24, 2.45) is 5.41 Å². The van der Waals surface area contributed by atoms with Crippen LogP contribution in [-0.2, 0) is 4.74 Å². The maximum Gasteiger partial charge on any atom is 1.00 e. The van der Waals surface area contributed by atoms with Crippen molar-refractivity contribution >= 4 is 0 Å². The molecule has 0 radical (unpaired) electrons. The van der Waals surface area contributed by atoms with Crippen LogP contribution in [-0.4, -0.2) is 19.8 Å². The van der Waals surface area contributed by atoms with E-state index in [9.17, 15) is 5.11 Å². The first-order chi connectivity index (χ1) is 4.33. The van der Waals surface area contributed by atoms with E-state index in [4.69, 9.17) is 10.00 Å². The van der Waals surface area contributed by atoms with Gasteiger partial charge in [0.05, 0.1) is 19.3 Å². The van der Waals surface area contributed by atoms with Crippen molar-refractivity contribution in [2.45, 2.75) is 6.42 Å². The molecule has 1 fully saturated rings.